The summed E-state index contributed by atoms with van der Waals surface area (Å²) < 4.78 is 14.2. The topological polar surface area (TPSA) is 15.3 Å². The van der Waals surface area contributed by atoms with Gasteiger partial charge in [0, 0.05) is 36.8 Å². The molecule has 1 aromatic rings. The summed E-state index contributed by atoms with van der Waals surface area (Å²) in [6, 6.07) is 5.78. The van der Waals surface area contributed by atoms with Gasteiger partial charge in [0.05, 0.1) is 5.02 Å². The van der Waals surface area contributed by atoms with Gasteiger partial charge in [-0.15, -0.1) is 0 Å². The Morgan fingerprint density at radius 1 is 1.40 bits per heavy atom. The third-order valence-corrected chi connectivity index (χ3v) is 5.16. The van der Waals surface area contributed by atoms with Gasteiger partial charge in [-0.2, -0.15) is 0 Å². The average Bonchev–Trinajstić information content (AvgIpc) is 2.89. The van der Waals surface area contributed by atoms with Crippen LogP contribution < -0.4 is 5.32 Å². The normalized spacial score (nSPS) is 26.2. The highest BCUT2D eigenvalue weighted by atomic mass is 35.5. The lowest BCUT2D eigenvalue weighted by molar-refractivity contribution is 0.0384. The Balaban J connectivity index is 1.84. The molecule has 1 unspecified atom stereocenters. The fourth-order valence-electron chi connectivity index (χ4n) is 3.70. The summed E-state index contributed by atoms with van der Waals surface area (Å²) in [7, 11) is 0. The number of nitrogens with zero attached hydrogens (tertiary/aromatic N) is 1. The van der Waals surface area contributed by atoms with Gasteiger partial charge in [0.1, 0.15) is 5.82 Å². The van der Waals surface area contributed by atoms with Gasteiger partial charge in [-0.25, -0.2) is 4.39 Å². The number of hydrogen-bond donors (Lipinski definition) is 1. The van der Waals surface area contributed by atoms with Crippen molar-refractivity contribution in [1.82, 2.24) is 10.2 Å². The summed E-state index contributed by atoms with van der Waals surface area (Å²) in [5, 5.41) is 3.82. The number of nitrogens with one attached hydrogen (secondary N) is 1. The Labute approximate surface area is 125 Å². The summed E-state index contributed by atoms with van der Waals surface area (Å²) in [5.41, 5.74) is 0.944. The molecule has 0 bridgehead atoms. The van der Waals surface area contributed by atoms with E-state index < -0.39 is 0 Å². The maximum absolute atomic E-state index is 14.2. The predicted octanol–water partition coefficient (Wildman–Crippen LogP) is 3.59. The molecule has 110 valence electrons. The molecule has 1 spiro atoms. The molecule has 1 aliphatic heterocycles. The molecule has 1 heterocycles. The lowest BCUT2D eigenvalue weighted by atomic mass is 9.90. The number of halogens is 2. The first kappa shape index (κ1) is 14.3. The van der Waals surface area contributed by atoms with Crippen LogP contribution in [0.15, 0.2) is 18.2 Å². The highest BCUT2D eigenvalue weighted by Gasteiger charge is 2.42. The molecule has 0 amide bonds. The molecule has 1 saturated heterocycles. The van der Waals surface area contributed by atoms with Crippen LogP contribution in [-0.4, -0.2) is 29.6 Å². The minimum atomic E-state index is -0.256. The Hall–Kier alpha value is -0.640. The van der Waals surface area contributed by atoms with E-state index in [1.54, 1.807) is 6.07 Å². The first-order valence-electron chi connectivity index (χ1n) is 7.52. The van der Waals surface area contributed by atoms with Crippen LogP contribution in [0.25, 0.3) is 0 Å². The van der Waals surface area contributed by atoms with Crippen molar-refractivity contribution in [1.29, 1.82) is 0 Å². The van der Waals surface area contributed by atoms with E-state index in [0.717, 1.165) is 18.7 Å². The molecular weight excluding hydrogens is 275 g/mol. The molecule has 1 aromatic carbocycles. The van der Waals surface area contributed by atoms with E-state index >= 15 is 0 Å². The van der Waals surface area contributed by atoms with Crippen LogP contribution in [-0.2, 0) is 6.54 Å². The van der Waals surface area contributed by atoms with Crippen LogP contribution in [0.5, 0.6) is 0 Å². The molecule has 1 saturated carbocycles. The molecule has 0 radical (unpaired) electrons. The zero-order valence-electron chi connectivity index (χ0n) is 12.0. The molecule has 4 heteroatoms. The van der Waals surface area contributed by atoms with Gasteiger partial charge in [0.2, 0.25) is 0 Å². The predicted molar refractivity (Wildman–Crippen MR) is 80.5 cm³/mol. The Bertz CT molecular complexity index is 485. The Morgan fingerprint density at radius 2 is 2.15 bits per heavy atom. The zero-order valence-corrected chi connectivity index (χ0v) is 12.7. The Kier molecular flexibility index (Phi) is 4.02. The largest absolute Gasteiger partial charge is 0.311 e. The monoisotopic (exact) mass is 296 g/mol. The van der Waals surface area contributed by atoms with Crippen LogP contribution in [0.4, 0.5) is 4.39 Å². The summed E-state index contributed by atoms with van der Waals surface area (Å²) in [4.78, 5) is 2.48. The average molecular weight is 297 g/mol. The van der Waals surface area contributed by atoms with Crippen molar-refractivity contribution in [2.45, 2.75) is 50.7 Å². The second-order valence-electron chi connectivity index (χ2n) is 6.31. The number of rotatable bonds is 2. The molecule has 1 aliphatic carbocycles. The fraction of sp³-hybridized carbons (Fsp3) is 0.625. The van der Waals surface area contributed by atoms with E-state index in [-0.39, 0.29) is 16.4 Å². The molecule has 1 N–H and O–H groups in total. The maximum atomic E-state index is 14.2. The molecule has 0 aromatic heterocycles. The SMILES string of the molecule is CC1CN(Cc2cccc(Cl)c2F)C2(CCCC2)CN1. The summed E-state index contributed by atoms with van der Waals surface area (Å²) in [6.45, 7) is 4.86. The first-order chi connectivity index (χ1) is 9.61. The van der Waals surface area contributed by atoms with Crippen molar-refractivity contribution in [3.63, 3.8) is 0 Å². The standard InChI is InChI=1S/C16H22ClFN2/c1-12-9-20(16(11-19-12)7-2-3-8-16)10-13-5-4-6-14(17)15(13)18/h4-6,12,19H,2-3,7-11H2,1H3. The summed E-state index contributed by atoms with van der Waals surface area (Å²) in [5.74, 6) is -0.256. The molecular formula is C16H22ClFN2. The minimum absolute atomic E-state index is 0.223. The van der Waals surface area contributed by atoms with Gasteiger partial charge in [-0.3, -0.25) is 4.90 Å². The first-order valence-corrected chi connectivity index (χ1v) is 7.90. The van der Waals surface area contributed by atoms with Crippen molar-refractivity contribution in [2.24, 2.45) is 0 Å². The van der Waals surface area contributed by atoms with Crippen molar-refractivity contribution in [3.8, 4) is 0 Å². The molecule has 2 nitrogen and oxygen atoms in total. The third-order valence-electron chi connectivity index (χ3n) is 4.87. The lowest BCUT2D eigenvalue weighted by Crippen LogP contribution is -2.62. The van der Waals surface area contributed by atoms with Gasteiger partial charge >= 0.3 is 0 Å². The van der Waals surface area contributed by atoms with Crippen LogP contribution in [0, 0.1) is 5.82 Å². The number of benzene rings is 1. The van der Waals surface area contributed by atoms with Crippen LogP contribution >= 0.6 is 11.6 Å². The van der Waals surface area contributed by atoms with Crippen LogP contribution in [0.2, 0.25) is 5.02 Å². The molecule has 1 atom stereocenters. The fourth-order valence-corrected chi connectivity index (χ4v) is 3.89. The zero-order chi connectivity index (χ0) is 14.2. The smallest absolute Gasteiger partial charge is 0.146 e. The van der Waals surface area contributed by atoms with Crippen molar-refractivity contribution in [2.75, 3.05) is 13.1 Å². The number of hydrogen-bond acceptors (Lipinski definition) is 2. The van der Waals surface area contributed by atoms with E-state index in [1.165, 1.54) is 25.7 Å². The molecule has 3 rings (SSSR count). The highest BCUT2D eigenvalue weighted by Crippen LogP contribution is 2.38. The van der Waals surface area contributed by atoms with E-state index in [9.17, 15) is 4.39 Å². The van der Waals surface area contributed by atoms with Gasteiger partial charge < -0.3 is 5.32 Å². The van der Waals surface area contributed by atoms with E-state index in [4.69, 9.17) is 11.6 Å². The second-order valence-corrected chi connectivity index (χ2v) is 6.71. The van der Waals surface area contributed by atoms with E-state index in [2.05, 4.69) is 17.1 Å². The van der Waals surface area contributed by atoms with Crippen LogP contribution in [0.1, 0.15) is 38.2 Å². The quantitative estimate of drug-likeness (QED) is 0.897. The third kappa shape index (κ3) is 2.59. The van der Waals surface area contributed by atoms with Crippen molar-refractivity contribution < 1.29 is 4.39 Å². The second kappa shape index (κ2) is 5.63. The van der Waals surface area contributed by atoms with Crippen molar-refractivity contribution in [3.05, 3.63) is 34.6 Å². The minimum Gasteiger partial charge on any atom is -0.311 e. The number of piperazine rings is 1. The van der Waals surface area contributed by atoms with Gasteiger partial charge in [0.15, 0.2) is 0 Å². The lowest BCUT2D eigenvalue weighted by Gasteiger charge is -2.48. The van der Waals surface area contributed by atoms with Crippen molar-refractivity contribution >= 4 is 11.6 Å². The molecule has 20 heavy (non-hydrogen) atoms. The summed E-state index contributed by atoms with van der Waals surface area (Å²) >= 11 is 5.91. The van der Waals surface area contributed by atoms with Crippen LogP contribution in [0.3, 0.4) is 0 Å². The van der Waals surface area contributed by atoms with Gasteiger partial charge in [-0.05, 0) is 25.8 Å². The van der Waals surface area contributed by atoms with E-state index in [0.29, 0.717) is 12.6 Å². The molecule has 2 aliphatic rings. The van der Waals surface area contributed by atoms with Gasteiger partial charge in [0.25, 0.3) is 0 Å². The highest BCUT2D eigenvalue weighted by molar-refractivity contribution is 6.30. The molecule has 2 fully saturated rings. The Morgan fingerprint density at radius 3 is 2.90 bits per heavy atom. The maximum Gasteiger partial charge on any atom is 0.146 e. The van der Waals surface area contributed by atoms with Gasteiger partial charge in [-0.1, -0.05) is 36.6 Å². The summed E-state index contributed by atoms with van der Waals surface area (Å²) in [6.07, 6.45) is 5.00. The van der Waals surface area contributed by atoms with E-state index in [1.807, 2.05) is 12.1 Å².